The van der Waals surface area contributed by atoms with Gasteiger partial charge in [0.1, 0.15) is 0 Å². The number of hydrogen-bond acceptors (Lipinski definition) is 6. The molecule has 0 fully saturated rings. The third-order valence-corrected chi connectivity index (χ3v) is 2.29. The van der Waals surface area contributed by atoms with Crippen LogP contribution >= 0.6 is 0 Å². The maximum atomic E-state index is 12.6. The van der Waals surface area contributed by atoms with Crippen molar-refractivity contribution in [2.75, 3.05) is 12.4 Å². The maximum Gasteiger partial charge on any atom is 0.339 e. The van der Waals surface area contributed by atoms with E-state index in [-0.39, 0.29) is 0 Å². The molecule has 0 saturated carbocycles. The number of ether oxygens (including phenoxy) is 1. The van der Waals surface area contributed by atoms with Gasteiger partial charge < -0.3 is 10.1 Å². The van der Waals surface area contributed by atoms with E-state index in [9.17, 15) is 9.18 Å². The van der Waals surface area contributed by atoms with Gasteiger partial charge in [-0.15, -0.1) is 0 Å². The van der Waals surface area contributed by atoms with Gasteiger partial charge in [-0.25, -0.2) is 19.2 Å². The van der Waals surface area contributed by atoms with Crippen LogP contribution < -0.4 is 5.32 Å². The number of pyridine rings is 1. The first-order chi connectivity index (χ1) is 9.19. The highest BCUT2D eigenvalue weighted by Gasteiger charge is 2.06. The molecule has 0 radical (unpaired) electrons. The Morgan fingerprint density at radius 2 is 2.05 bits per heavy atom. The van der Waals surface area contributed by atoms with Crippen LogP contribution in [0.15, 0.2) is 30.9 Å². The molecule has 98 valence electrons. The smallest absolute Gasteiger partial charge is 0.339 e. The van der Waals surface area contributed by atoms with Gasteiger partial charge in [0, 0.05) is 18.9 Å². The molecule has 19 heavy (non-hydrogen) atoms. The minimum atomic E-state index is -0.500. The Morgan fingerprint density at radius 3 is 2.74 bits per heavy atom. The van der Waals surface area contributed by atoms with Crippen molar-refractivity contribution in [3.05, 3.63) is 47.8 Å². The van der Waals surface area contributed by atoms with E-state index < -0.39 is 11.8 Å². The third kappa shape index (κ3) is 3.44. The minimum absolute atomic E-state index is 0.296. The standard InChI is InChI=1S/C12H11FN4O2/c1-19-11(18)9-2-8(3-14-5-9)4-15-12-16-6-10(13)7-17-12/h2-3,5-7H,4H2,1H3,(H,15,16,17). The van der Waals surface area contributed by atoms with Gasteiger partial charge in [-0.2, -0.15) is 0 Å². The zero-order valence-electron chi connectivity index (χ0n) is 10.1. The van der Waals surface area contributed by atoms with E-state index in [1.807, 2.05) is 0 Å². The molecule has 1 N–H and O–H groups in total. The molecule has 6 nitrogen and oxygen atoms in total. The van der Waals surface area contributed by atoms with Crippen LogP contribution in [0.5, 0.6) is 0 Å². The third-order valence-electron chi connectivity index (χ3n) is 2.29. The molecule has 0 unspecified atom stereocenters. The van der Waals surface area contributed by atoms with Gasteiger partial charge in [0.2, 0.25) is 5.95 Å². The SMILES string of the molecule is COC(=O)c1cncc(CNc2ncc(F)cn2)c1. The molecule has 2 aromatic rings. The summed E-state index contributed by atoms with van der Waals surface area (Å²) in [6.07, 6.45) is 5.16. The van der Waals surface area contributed by atoms with Crippen LogP contribution in [0.1, 0.15) is 15.9 Å². The van der Waals surface area contributed by atoms with Crippen molar-refractivity contribution in [3.63, 3.8) is 0 Å². The quantitative estimate of drug-likeness (QED) is 0.839. The molecule has 2 heterocycles. The average molecular weight is 262 g/mol. The molecule has 0 saturated heterocycles. The van der Waals surface area contributed by atoms with Gasteiger partial charge >= 0.3 is 5.97 Å². The van der Waals surface area contributed by atoms with E-state index in [1.165, 1.54) is 13.3 Å². The van der Waals surface area contributed by atoms with Gasteiger partial charge in [0.15, 0.2) is 5.82 Å². The second-order valence-corrected chi connectivity index (χ2v) is 3.65. The fraction of sp³-hybridized carbons (Fsp3) is 0.167. The number of methoxy groups -OCH3 is 1. The summed E-state index contributed by atoms with van der Waals surface area (Å²) in [5.74, 6) is -0.655. The molecule has 0 amide bonds. The fourth-order valence-electron chi connectivity index (χ4n) is 1.40. The first kappa shape index (κ1) is 12.9. The lowest BCUT2D eigenvalue weighted by Crippen LogP contribution is -2.07. The van der Waals surface area contributed by atoms with Gasteiger partial charge in [0.25, 0.3) is 0 Å². The average Bonchev–Trinajstić information content (AvgIpc) is 2.46. The molecule has 0 atom stereocenters. The van der Waals surface area contributed by atoms with Crippen LogP contribution in [0, 0.1) is 5.82 Å². The number of halogens is 1. The molecular weight excluding hydrogens is 251 g/mol. The van der Waals surface area contributed by atoms with E-state index in [2.05, 4.69) is 25.0 Å². The summed E-state index contributed by atoms with van der Waals surface area (Å²) in [4.78, 5) is 22.8. The molecule has 0 aliphatic carbocycles. The summed E-state index contributed by atoms with van der Waals surface area (Å²) in [7, 11) is 1.31. The van der Waals surface area contributed by atoms with Gasteiger partial charge in [-0.05, 0) is 11.6 Å². The second-order valence-electron chi connectivity index (χ2n) is 3.65. The fourth-order valence-corrected chi connectivity index (χ4v) is 1.40. The van der Waals surface area contributed by atoms with Gasteiger partial charge in [-0.1, -0.05) is 0 Å². The zero-order chi connectivity index (χ0) is 13.7. The van der Waals surface area contributed by atoms with Crippen LogP contribution in [-0.2, 0) is 11.3 Å². The van der Waals surface area contributed by atoms with Crippen molar-refractivity contribution in [3.8, 4) is 0 Å². The van der Waals surface area contributed by atoms with Crippen molar-refractivity contribution in [1.82, 2.24) is 15.0 Å². The monoisotopic (exact) mass is 262 g/mol. The van der Waals surface area contributed by atoms with Crippen molar-refractivity contribution in [1.29, 1.82) is 0 Å². The molecule has 0 spiro atoms. The van der Waals surface area contributed by atoms with Crippen LogP contribution in [0.25, 0.3) is 0 Å². The summed E-state index contributed by atoms with van der Waals surface area (Å²) in [6, 6.07) is 1.65. The summed E-state index contributed by atoms with van der Waals surface area (Å²) < 4.78 is 17.2. The topological polar surface area (TPSA) is 77.0 Å². The number of carbonyl (C=O) groups is 1. The molecule has 2 rings (SSSR count). The lowest BCUT2D eigenvalue weighted by atomic mass is 10.2. The highest BCUT2D eigenvalue weighted by atomic mass is 19.1. The molecule has 0 bridgehead atoms. The first-order valence-electron chi connectivity index (χ1n) is 5.42. The van der Waals surface area contributed by atoms with Crippen LogP contribution in [0.4, 0.5) is 10.3 Å². The summed E-state index contributed by atoms with van der Waals surface area (Å²) in [5.41, 5.74) is 1.12. The van der Waals surface area contributed by atoms with Crippen molar-refractivity contribution in [2.45, 2.75) is 6.54 Å². The highest BCUT2D eigenvalue weighted by molar-refractivity contribution is 5.89. The Kier molecular flexibility index (Phi) is 3.97. The van der Waals surface area contributed by atoms with E-state index in [0.29, 0.717) is 18.1 Å². The largest absolute Gasteiger partial charge is 0.465 e. The zero-order valence-corrected chi connectivity index (χ0v) is 10.1. The molecule has 0 aliphatic rings. The molecular formula is C12H11FN4O2. The van der Waals surface area contributed by atoms with E-state index in [4.69, 9.17) is 0 Å². The van der Waals surface area contributed by atoms with Crippen molar-refractivity contribution >= 4 is 11.9 Å². The molecule has 0 aromatic carbocycles. The molecule has 0 aliphatic heterocycles. The number of nitrogens with one attached hydrogen (secondary N) is 1. The maximum absolute atomic E-state index is 12.6. The van der Waals surface area contributed by atoms with Crippen LogP contribution in [0.3, 0.4) is 0 Å². The lowest BCUT2D eigenvalue weighted by Gasteiger charge is -2.05. The Labute approximate surface area is 108 Å². The molecule has 7 heteroatoms. The van der Waals surface area contributed by atoms with Gasteiger partial charge in [-0.3, -0.25) is 4.98 Å². The lowest BCUT2D eigenvalue weighted by molar-refractivity contribution is 0.0600. The van der Waals surface area contributed by atoms with Gasteiger partial charge in [0.05, 0.1) is 25.1 Å². The number of hydrogen-bond donors (Lipinski definition) is 1. The normalized spacial score (nSPS) is 10.0. The van der Waals surface area contributed by atoms with E-state index >= 15 is 0 Å². The number of carbonyl (C=O) groups excluding carboxylic acids is 1. The van der Waals surface area contributed by atoms with E-state index in [0.717, 1.165) is 18.0 Å². The Hall–Kier alpha value is -2.57. The number of anilines is 1. The van der Waals surface area contributed by atoms with Crippen molar-refractivity contribution in [2.24, 2.45) is 0 Å². The van der Waals surface area contributed by atoms with Crippen LogP contribution in [0.2, 0.25) is 0 Å². The Morgan fingerprint density at radius 1 is 1.32 bits per heavy atom. The Balaban J connectivity index is 2.03. The number of esters is 1. The number of rotatable bonds is 4. The summed E-state index contributed by atoms with van der Waals surface area (Å²) >= 11 is 0. The minimum Gasteiger partial charge on any atom is -0.465 e. The van der Waals surface area contributed by atoms with Crippen molar-refractivity contribution < 1.29 is 13.9 Å². The first-order valence-corrected chi connectivity index (χ1v) is 5.42. The summed E-state index contributed by atoms with van der Waals surface area (Å²) in [5, 5.41) is 2.89. The van der Waals surface area contributed by atoms with Crippen LogP contribution in [-0.4, -0.2) is 28.0 Å². The predicted molar refractivity (Wildman–Crippen MR) is 64.9 cm³/mol. The van der Waals surface area contributed by atoms with E-state index in [1.54, 1.807) is 12.3 Å². The second kappa shape index (κ2) is 5.85. The number of nitrogens with zero attached hydrogens (tertiary/aromatic N) is 3. The summed E-state index contributed by atoms with van der Waals surface area (Å²) in [6.45, 7) is 0.365. The molecule has 2 aromatic heterocycles. The Bertz CT molecular complexity index is 574. The highest BCUT2D eigenvalue weighted by Crippen LogP contribution is 2.06. The predicted octanol–water partition coefficient (Wildman–Crippen LogP) is 1.41. The number of aromatic nitrogens is 3.